The van der Waals surface area contributed by atoms with Crippen LogP contribution in [-0.4, -0.2) is 37.7 Å². The fourth-order valence-electron chi connectivity index (χ4n) is 2.71. The minimum Gasteiger partial charge on any atom is -0.298 e. The van der Waals surface area contributed by atoms with Crippen LogP contribution < -0.4 is 4.72 Å². The van der Waals surface area contributed by atoms with Gasteiger partial charge in [0, 0.05) is 24.7 Å². The first-order valence-corrected chi connectivity index (χ1v) is 8.94. The molecule has 5 nitrogen and oxygen atoms in total. The summed E-state index contributed by atoms with van der Waals surface area (Å²) in [5.74, 6) is -0.415. The van der Waals surface area contributed by atoms with Gasteiger partial charge in [-0.1, -0.05) is 6.07 Å². The van der Waals surface area contributed by atoms with Crippen LogP contribution in [-0.2, 0) is 16.6 Å². The molecule has 1 saturated heterocycles. The Morgan fingerprint density at radius 1 is 1.36 bits per heavy atom. The zero-order valence-electron chi connectivity index (χ0n) is 12.1. The Hall–Kier alpha value is -1.49. The van der Waals surface area contributed by atoms with Gasteiger partial charge in [0.05, 0.1) is 16.9 Å². The zero-order chi connectivity index (χ0) is 15.7. The topological polar surface area (TPSA) is 73.2 Å². The molecule has 0 aromatic heterocycles. The van der Waals surface area contributed by atoms with Crippen molar-refractivity contribution in [1.82, 2.24) is 9.62 Å². The lowest BCUT2D eigenvalue weighted by Crippen LogP contribution is -2.37. The standard InChI is InChI=1S/C15H18FN3O2S/c16-15-7-11(8-17)1-2-12(15)9-19-6-5-14(10-19)22(20,21)18-13-3-4-13/h1-2,7,13-14,18H,3-6,9-10H2. The summed E-state index contributed by atoms with van der Waals surface area (Å²) in [5.41, 5.74) is 0.781. The fourth-order valence-corrected chi connectivity index (χ4v) is 4.43. The molecule has 1 aromatic carbocycles. The molecule has 1 atom stereocenters. The van der Waals surface area contributed by atoms with Crippen LogP contribution in [0.3, 0.4) is 0 Å². The second-order valence-corrected chi connectivity index (χ2v) is 7.99. The van der Waals surface area contributed by atoms with E-state index >= 15 is 0 Å². The maximum Gasteiger partial charge on any atom is 0.216 e. The minimum absolute atomic E-state index is 0.120. The van der Waals surface area contributed by atoms with Gasteiger partial charge in [0.1, 0.15) is 5.82 Å². The molecule has 0 bridgehead atoms. The molecule has 1 N–H and O–H groups in total. The number of hydrogen-bond donors (Lipinski definition) is 1. The van der Waals surface area contributed by atoms with Crippen LogP contribution in [0.15, 0.2) is 18.2 Å². The summed E-state index contributed by atoms with van der Waals surface area (Å²) in [7, 11) is -3.27. The Bertz CT molecular complexity index is 710. The summed E-state index contributed by atoms with van der Waals surface area (Å²) in [4.78, 5) is 1.95. The van der Waals surface area contributed by atoms with E-state index in [0.29, 0.717) is 31.6 Å². The van der Waals surface area contributed by atoms with Gasteiger partial charge in [-0.05, 0) is 37.9 Å². The summed E-state index contributed by atoms with van der Waals surface area (Å²) in [6.07, 6.45) is 2.41. The average molecular weight is 323 g/mol. The molecule has 3 rings (SSSR count). The second-order valence-electron chi connectivity index (χ2n) is 6.00. The third-order valence-electron chi connectivity index (χ3n) is 4.15. The first-order chi connectivity index (χ1) is 10.5. The van der Waals surface area contributed by atoms with E-state index in [-0.39, 0.29) is 11.6 Å². The van der Waals surface area contributed by atoms with Crippen molar-refractivity contribution in [3.8, 4) is 6.07 Å². The van der Waals surface area contributed by atoms with Crippen molar-refractivity contribution in [3.05, 3.63) is 35.1 Å². The Labute approximate surface area is 129 Å². The fraction of sp³-hybridized carbons (Fsp3) is 0.533. The highest BCUT2D eigenvalue weighted by Gasteiger charge is 2.36. The molecule has 1 unspecified atom stereocenters. The van der Waals surface area contributed by atoms with Crippen LogP contribution in [0.25, 0.3) is 0 Å². The number of nitriles is 1. The predicted octanol–water partition coefficient (Wildman–Crippen LogP) is 1.35. The molecule has 2 aliphatic rings. The van der Waals surface area contributed by atoms with Crippen LogP contribution in [0, 0.1) is 17.1 Å². The molecule has 1 aliphatic heterocycles. The molecule has 22 heavy (non-hydrogen) atoms. The van der Waals surface area contributed by atoms with Gasteiger partial charge in [0.15, 0.2) is 0 Å². The molecular formula is C15H18FN3O2S. The van der Waals surface area contributed by atoms with E-state index in [1.54, 1.807) is 12.1 Å². The van der Waals surface area contributed by atoms with Crippen LogP contribution in [0.5, 0.6) is 0 Å². The van der Waals surface area contributed by atoms with E-state index in [4.69, 9.17) is 5.26 Å². The van der Waals surface area contributed by atoms with Crippen molar-refractivity contribution < 1.29 is 12.8 Å². The Morgan fingerprint density at radius 3 is 2.77 bits per heavy atom. The number of likely N-dealkylation sites (tertiary alicyclic amines) is 1. The highest BCUT2D eigenvalue weighted by atomic mass is 32.2. The van der Waals surface area contributed by atoms with Gasteiger partial charge >= 0.3 is 0 Å². The zero-order valence-corrected chi connectivity index (χ0v) is 12.9. The molecule has 0 amide bonds. The van der Waals surface area contributed by atoms with Crippen molar-refractivity contribution in [2.45, 2.75) is 37.1 Å². The summed E-state index contributed by atoms with van der Waals surface area (Å²) in [6, 6.07) is 6.41. The summed E-state index contributed by atoms with van der Waals surface area (Å²) in [6.45, 7) is 1.42. The smallest absolute Gasteiger partial charge is 0.216 e. The van der Waals surface area contributed by atoms with E-state index in [0.717, 1.165) is 12.8 Å². The van der Waals surface area contributed by atoms with Gasteiger partial charge < -0.3 is 0 Å². The van der Waals surface area contributed by atoms with Crippen LogP contribution in [0.2, 0.25) is 0 Å². The number of rotatable bonds is 5. The Balaban J connectivity index is 1.62. The minimum atomic E-state index is -3.27. The molecule has 7 heteroatoms. The van der Waals surface area contributed by atoms with Gasteiger partial charge in [0.2, 0.25) is 10.0 Å². The molecular weight excluding hydrogens is 305 g/mol. The first-order valence-electron chi connectivity index (χ1n) is 7.40. The quantitative estimate of drug-likeness (QED) is 0.888. The largest absolute Gasteiger partial charge is 0.298 e. The van der Waals surface area contributed by atoms with Gasteiger partial charge in [-0.25, -0.2) is 17.5 Å². The maximum atomic E-state index is 13.9. The number of nitrogens with zero attached hydrogens (tertiary/aromatic N) is 2. The number of hydrogen-bond acceptors (Lipinski definition) is 4. The molecule has 1 aliphatic carbocycles. The normalized spacial score (nSPS) is 22.6. The first kappa shape index (κ1) is 15.4. The Morgan fingerprint density at radius 2 is 2.14 bits per heavy atom. The number of benzene rings is 1. The molecule has 118 valence electrons. The molecule has 0 spiro atoms. The lowest BCUT2D eigenvalue weighted by molar-refractivity contribution is 0.325. The SMILES string of the molecule is N#Cc1ccc(CN2CCC(S(=O)(=O)NC3CC3)C2)c(F)c1. The van der Waals surface area contributed by atoms with E-state index < -0.39 is 21.1 Å². The van der Waals surface area contributed by atoms with E-state index in [2.05, 4.69) is 4.72 Å². The van der Waals surface area contributed by atoms with Gasteiger partial charge in [-0.3, -0.25) is 4.90 Å². The third kappa shape index (κ3) is 3.46. The van der Waals surface area contributed by atoms with Crippen molar-refractivity contribution in [3.63, 3.8) is 0 Å². The van der Waals surface area contributed by atoms with E-state index in [9.17, 15) is 12.8 Å². The average Bonchev–Trinajstić information content (AvgIpc) is 3.14. The number of halogens is 1. The lowest BCUT2D eigenvalue weighted by atomic mass is 10.1. The second kappa shape index (κ2) is 5.95. The van der Waals surface area contributed by atoms with Crippen LogP contribution >= 0.6 is 0 Å². The highest BCUT2D eigenvalue weighted by Crippen LogP contribution is 2.24. The summed E-state index contributed by atoms with van der Waals surface area (Å²) >= 11 is 0. The van der Waals surface area contributed by atoms with Crippen LogP contribution in [0.4, 0.5) is 4.39 Å². The monoisotopic (exact) mass is 323 g/mol. The molecule has 1 heterocycles. The van der Waals surface area contributed by atoms with Crippen molar-refractivity contribution >= 4 is 10.0 Å². The van der Waals surface area contributed by atoms with Crippen molar-refractivity contribution in [1.29, 1.82) is 5.26 Å². The lowest BCUT2D eigenvalue weighted by Gasteiger charge is -2.17. The Kier molecular flexibility index (Phi) is 4.17. The summed E-state index contributed by atoms with van der Waals surface area (Å²) in [5, 5.41) is 8.32. The maximum absolute atomic E-state index is 13.9. The molecule has 1 aromatic rings. The van der Waals surface area contributed by atoms with E-state index in [1.807, 2.05) is 11.0 Å². The van der Waals surface area contributed by atoms with E-state index in [1.165, 1.54) is 6.07 Å². The third-order valence-corrected chi connectivity index (χ3v) is 6.08. The van der Waals surface area contributed by atoms with Gasteiger partial charge in [-0.15, -0.1) is 0 Å². The molecule has 1 saturated carbocycles. The molecule has 0 radical (unpaired) electrons. The highest BCUT2D eigenvalue weighted by molar-refractivity contribution is 7.90. The number of sulfonamides is 1. The number of nitrogens with one attached hydrogen (secondary N) is 1. The van der Waals surface area contributed by atoms with Gasteiger partial charge in [0.25, 0.3) is 0 Å². The molecule has 2 fully saturated rings. The predicted molar refractivity (Wildman–Crippen MR) is 79.9 cm³/mol. The summed E-state index contributed by atoms with van der Waals surface area (Å²) < 4.78 is 41.0. The van der Waals surface area contributed by atoms with Crippen LogP contribution in [0.1, 0.15) is 30.4 Å². The van der Waals surface area contributed by atoms with Gasteiger partial charge in [-0.2, -0.15) is 5.26 Å². The van der Waals surface area contributed by atoms with Crippen molar-refractivity contribution in [2.75, 3.05) is 13.1 Å². The van der Waals surface area contributed by atoms with Crippen molar-refractivity contribution in [2.24, 2.45) is 0 Å².